The Kier molecular flexibility index (Phi) is 5.47. The van der Waals surface area contributed by atoms with Gasteiger partial charge in [-0.3, -0.25) is 19.8 Å². The van der Waals surface area contributed by atoms with Crippen LogP contribution in [0.2, 0.25) is 0 Å². The van der Waals surface area contributed by atoms with Crippen LogP contribution in [-0.2, 0) is 15.1 Å². The number of anilines is 1. The van der Waals surface area contributed by atoms with Gasteiger partial charge < -0.3 is 5.32 Å². The number of thioether (sulfide) groups is 1. The maximum Gasteiger partial charge on any atom is 0.325 e. The van der Waals surface area contributed by atoms with Gasteiger partial charge in [0.2, 0.25) is 11.0 Å². The summed E-state index contributed by atoms with van der Waals surface area (Å²) in [5.74, 6) is -0.121. The number of aromatic nitrogens is 2. The van der Waals surface area contributed by atoms with Crippen LogP contribution in [0, 0.1) is 6.92 Å². The molecule has 1 aromatic carbocycles. The van der Waals surface area contributed by atoms with Crippen molar-refractivity contribution in [2.45, 2.75) is 30.6 Å². The Bertz CT molecular complexity index is 883. The Morgan fingerprint density at radius 1 is 1.30 bits per heavy atom. The summed E-state index contributed by atoms with van der Waals surface area (Å²) in [6.07, 6.45) is 0. The molecule has 1 aliphatic rings. The second kappa shape index (κ2) is 7.65. The van der Waals surface area contributed by atoms with Gasteiger partial charge >= 0.3 is 6.03 Å². The fraction of sp³-hybridized carbons (Fsp3) is 0.353. The van der Waals surface area contributed by atoms with Gasteiger partial charge in [0.1, 0.15) is 12.1 Å². The smallest absolute Gasteiger partial charge is 0.319 e. The van der Waals surface area contributed by atoms with Gasteiger partial charge in [0, 0.05) is 0 Å². The van der Waals surface area contributed by atoms with Gasteiger partial charge in [0.15, 0.2) is 4.34 Å². The molecular weight excluding hydrogens is 386 g/mol. The van der Waals surface area contributed by atoms with Crippen molar-refractivity contribution in [3.63, 3.8) is 0 Å². The fourth-order valence-electron chi connectivity index (χ4n) is 2.67. The van der Waals surface area contributed by atoms with Crippen molar-refractivity contribution in [1.29, 1.82) is 0 Å². The maximum atomic E-state index is 12.8. The van der Waals surface area contributed by atoms with Crippen LogP contribution in [0.25, 0.3) is 0 Å². The van der Waals surface area contributed by atoms with Gasteiger partial charge in [-0.15, -0.1) is 10.2 Å². The van der Waals surface area contributed by atoms with Crippen molar-refractivity contribution in [2.75, 3.05) is 17.6 Å². The van der Waals surface area contributed by atoms with Crippen LogP contribution in [0.3, 0.4) is 0 Å². The van der Waals surface area contributed by atoms with Crippen LogP contribution in [0.1, 0.15) is 25.0 Å². The molecule has 3 rings (SSSR count). The van der Waals surface area contributed by atoms with E-state index in [4.69, 9.17) is 0 Å². The summed E-state index contributed by atoms with van der Waals surface area (Å²) >= 11 is 2.77. The highest BCUT2D eigenvalue weighted by atomic mass is 32.2. The third-order valence-corrected chi connectivity index (χ3v) is 5.98. The Balaban J connectivity index is 1.69. The molecule has 0 aliphatic carbocycles. The van der Waals surface area contributed by atoms with E-state index in [1.807, 2.05) is 26.0 Å². The first-order chi connectivity index (χ1) is 12.8. The Labute approximate surface area is 164 Å². The van der Waals surface area contributed by atoms with E-state index in [9.17, 15) is 14.4 Å². The Morgan fingerprint density at radius 2 is 2.00 bits per heavy atom. The van der Waals surface area contributed by atoms with Gasteiger partial charge in [0.25, 0.3) is 5.91 Å². The highest BCUT2D eigenvalue weighted by Crippen LogP contribution is 2.29. The molecule has 1 aliphatic heterocycles. The average molecular weight is 406 g/mol. The van der Waals surface area contributed by atoms with Crippen molar-refractivity contribution in [1.82, 2.24) is 20.4 Å². The normalized spacial score (nSPS) is 19.3. The summed E-state index contributed by atoms with van der Waals surface area (Å²) in [5.41, 5.74) is 0.520. The minimum Gasteiger partial charge on any atom is -0.319 e. The molecule has 2 aromatic rings. The van der Waals surface area contributed by atoms with Crippen molar-refractivity contribution in [3.05, 3.63) is 35.4 Å². The monoisotopic (exact) mass is 405 g/mol. The molecule has 142 valence electrons. The predicted octanol–water partition coefficient (Wildman–Crippen LogP) is 2.36. The molecule has 0 bridgehead atoms. The first kappa shape index (κ1) is 19.3. The lowest BCUT2D eigenvalue weighted by molar-refractivity contribution is -0.133. The zero-order chi connectivity index (χ0) is 19.6. The van der Waals surface area contributed by atoms with Crippen LogP contribution in [0.5, 0.6) is 0 Å². The van der Waals surface area contributed by atoms with Gasteiger partial charge in [-0.05, 0) is 25.2 Å². The molecular formula is C17H19N5O3S2. The molecule has 27 heavy (non-hydrogen) atoms. The summed E-state index contributed by atoms with van der Waals surface area (Å²) in [7, 11) is 0. The minimum atomic E-state index is -1.20. The first-order valence-electron chi connectivity index (χ1n) is 8.31. The summed E-state index contributed by atoms with van der Waals surface area (Å²) in [4.78, 5) is 38.3. The number of amides is 4. The molecule has 1 atom stereocenters. The highest BCUT2D eigenvalue weighted by molar-refractivity contribution is 8.01. The average Bonchev–Trinajstić information content (AvgIpc) is 3.14. The molecule has 0 unspecified atom stereocenters. The number of benzene rings is 1. The van der Waals surface area contributed by atoms with Crippen molar-refractivity contribution in [3.8, 4) is 0 Å². The first-order valence-corrected chi connectivity index (χ1v) is 10.1. The van der Waals surface area contributed by atoms with E-state index in [-0.39, 0.29) is 6.54 Å². The van der Waals surface area contributed by atoms with Gasteiger partial charge in [-0.2, -0.15) is 0 Å². The molecule has 0 spiro atoms. The molecule has 4 amide bonds. The lowest BCUT2D eigenvalue weighted by atomic mass is 9.91. The number of aryl methyl sites for hydroxylation is 1. The van der Waals surface area contributed by atoms with E-state index in [1.165, 1.54) is 23.1 Å². The number of hydrogen-bond donors (Lipinski definition) is 2. The van der Waals surface area contributed by atoms with E-state index < -0.39 is 23.4 Å². The number of carbonyl (C=O) groups excluding carboxylic acids is 3. The van der Waals surface area contributed by atoms with Crippen molar-refractivity contribution in [2.24, 2.45) is 0 Å². The van der Waals surface area contributed by atoms with E-state index in [1.54, 1.807) is 19.1 Å². The molecule has 0 saturated carbocycles. The van der Waals surface area contributed by atoms with Gasteiger partial charge in [0.05, 0.1) is 0 Å². The summed E-state index contributed by atoms with van der Waals surface area (Å²) in [6.45, 7) is 5.18. The largest absolute Gasteiger partial charge is 0.325 e. The number of imide groups is 1. The summed E-state index contributed by atoms with van der Waals surface area (Å²) in [6, 6.07) is 6.74. The fourth-order valence-corrected chi connectivity index (χ4v) is 4.33. The van der Waals surface area contributed by atoms with Crippen LogP contribution in [0.15, 0.2) is 28.6 Å². The quantitative estimate of drug-likeness (QED) is 0.434. The molecule has 1 saturated heterocycles. The number of rotatable bonds is 6. The van der Waals surface area contributed by atoms with Crippen LogP contribution >= 0.6 is 23.1 Å². The van der Waals surface area contributed by atoms with Crippen LogP contribution < -0.4 is 10.6 Å². The molecule has 2 N–H and O–H groups in total. The van der Waals surface area contributed by atoms with E-state index >= 15 is 0 Å². The van der Waals surface area contributed by atoms with E-state index in [0.29, 0.717) is 10.7 Å². The lowest BCUT2D eigenvalue weighted by Crippen LogP contribution is -2.42. The standard InChI is InChI=1S/C17H19N5O3S2/c1-4-26-16-21-20-14(27-16)18-12(23)9-22-13(24)17(3,19-15(22)25)11-7-5-10(2)6-8-11/h5-8H,4,9H2,1-3H3,(H,19,25)(H,18,20,23)/t17-/m1/s1. The van der Waals surface area contributed by atoms with Gasteiger partial charge in [-0.1, -0.05) is 59.9 Å². The predicted molar refractivity (Wildman–Crippen MR) is 104 cm³/mol. The van der Waals surface area contributed by atoms with Gasteiger partial charge in [-0.25, -0.2) is 4.79 Å². The zero-order valence-electron chi connectivity index (χ0n) is 15.1. The molecule has 0 radical (unpaired) electrons. The molecule has 1 aromatic heterocycles. The third-order valence-electron chi connectivity index (χ3n) is 4.13. The second-order valence-electron chi connectivity index (χ2n) is 6.17. The topological polar surface area (TPSA) is 104 Å². The zero-order valence-corrected chi connectivity index (χ0v) is 16.7. The Morgan fingerprint density at radius 3 is 2.67 bits per heavy atom. The molecule has 2 heterocycles. The maximum absolute atomic E-state index is 12.8. The third kappa shape index (κ3) is 3.96. The number of nitrogens with one attached hydrogen (secondary N) is 2. The number of hydrogen-bond acceptors (Lipinski definition) is 7. The lowest BCUT2D eigenvalue weighted by Gasteiger charge is -2.22. The number of urea groups is 1. The van der Waals surface area contributed by atoms with Crippen molar-refractivity contribution >= 4 is 46.1 Å². The molecule has 1 fully saturated rings. The van der Waals surface area contributed by atoms with E-state index in [0.717, 1.165) is 20.6 Å². The van der Waals surface area contributed by atoms with Crippen LogP contribution in [0.4, 0.5) is 9.93 Å². The SMILES string of the molecule is CCSc1nnc(NC(=O)CN2C(=O)N[C@](C)(c3ccc(C)cc3)C2=O)s1. The molecule has 10 heteroatoms. The Hall–Kier alpha value is -2.46. The summed E-state index contributed by atoms with van der Waals surface area (Å²) < 4.78 is 0.745. The van der Waals surface area contributed by atoms with Crippen molar-refractivity contribution < 1.29 is 14.4 Å². The second-order valence-corrected chi connectivity index (χ2v) is 8.66. The summed E-state index contributed by atoms with van der Waals surface area (Å²) in [5, 5.41) is 13.4. The molecule has 8 nitrogen and oxygen atoms in total. The minimum absolute atomic E-state index is 0.337. The van der Waals surface area contributed by atoms with E-state index in [2.05, 4.69) is 20.8 Å². The number of carbonyl (C=O) groups is 3. The number of nitrogens with zero attached hydrogens (tertiary/aromatic N) is 3. The van der Waals surface area contributed by atoms with Crippen LogP contribution in [-0.4, -0.2) is 45.2 Å². The highest BCUT2D eigenvalue weighted by Gasteiger charge is 2.49.